The van der Waals surface area contributed by atoms with E-state index in [0.717, 1.165) is 13.0 Å². The van der Waals surface area contributed by atoms with Crippen LogP contribution in [0.5, 0.6) is 0 Å². The van der Waals surface area contributed by atoms with Gasteiger partial charge in [-0.05, 0) is 56.0 Å². The molecular weight excluding hydrogens is 208 g/mol. The molecule has 0 bridgehead atoms. The van der Waals surface area contributed by atoms with Crippen molar-refractivity contribution in [2.75, 3.05) is 6.54 Å². The number of hydrogen-bond acceptors (Lipinski definition) is 1. The quantitative estimate of drug-likeness (QED) is 0.816. The molecule has 1 nitrogen and oxygen atoms in total. The average molecular weight is 225 g/mol. The van der Waals surface area contributed by atoms with Gasteiger partial charge in [-0.2, -0.15) is 0 Å². The van der Waals surface area contributed by atoms with E-state index >= 15 is 0 Å². The maximum Gasteiger partial charge on any atom is 0.126 e. The lowest BCUT2D eigenvalue weighted by Gasteiger charge is -2.23. The SMILES string of the molecule is Cc1cc(F)c(CC2CCCCN2)cc1F. The molecule has 0 aliphatic carbocycles. The van der Waals surface area contributed by atoms with Gasteiger partial charge in [0.15, 0.2) is 0 Å². The van der Waals surface area contributed by atoms with Crippen molar-refractivity contribution in [2.45, 2.75) is 38.6 Å². The van der Waals surface area contributed by atoms with Crippen LogP contribution in [-0.2, 0) is 6.42 Å². The number of rotatable bonds is 2. The third kappa shape index (κ3) is 2.59. The Morgan fingerprint density at radius 2 is 2.06 bits per heavy atom. The molecule has 1 atom stereocenters. The van der Waals surface area contributed by atoms with E-state index < -0.39 is 0 Å². The molecule has 1 N–H and O–H groups in total. The van der Waals surface area contributed by atoms with Crippen LogP contribution in [0.15, 0.2) is 12.1 Å². The standard InChI is InChI=1S/C13H17F2N/c1-9-6-13(15)10(8-12(9)14)7-11-4-2-3-5-16-11/h6,8,11,16H,2-5,7H2,1H3. The van der Waals surface area contributed by atoms with Crippen molar-refractivity contribution in [3.63, 3.8) is 0 Å². The van der Waals surface area contributed by atoms with Crippen LogP contribution < -0.4 is 5.32 Å². The summed E-state index contributed by atoms with van der Waals surface area (Å²) in [6.07, 6.45) is 3.99. The second kappa shape index (κ2) is 4.91. The van der Waals surface area contributed by atoms with E-state index in [9.17, 15) is 8.78 Å². The fourth-order valence-electron chi connectivity index (χ4n) is 2.21. The summed E-state index contributed by atoms with van der Waals surface area (Å²) in [7, 11) is 0. The number of benzene rings is 1. The summed E-state index contributed by atoms with van der Waals surface area (Å²) in [5, 5.41) is 3.34. The summed E-state index contributed by atoms with van der Waals surface area (Å²) in [5.74, 6) is -0.599. The van der Waals surface area contributed by atoms with Gasteiger partial charge >= 0.3 is 0 Å². The molecule has 88 valence electrons. The molecule has 3 heteroatoms. The molecule has 0 saturated carbocycles. The molecule has 1 aliphatic heterocycles. The monoisotopic (exact) mass is 225 g/mol. The Morgan fingerprint density at radius 3 is 2.75 bits per heavy atom. The van der Waals surface area contributed by atoms with E-state index in [4.69, 9.17) is 0 Å². The molecule has 1 saturated heterocycles. The van der Waals surface area contributed by atoms with Gasteiger partial charge in [0.2, 0.25) is 0 Å². The van der Waals surface area contributed by atoms with Crippen LogP contribution in [0.2, 0.25) is 0 Å². The third-order valence-electron chi connectivity index (χ3n) is 3.21. The molecule has 0 amide bonds. The zero-order chi connectivity index (χ0) is 11.5. The van der Waals surface area contributed by atoms with Crippen LogP contribution in [0.1, 0.15) is 30.4 Å². The van der Waals surface area contributed by atoms with E-state index in [-0.39, 0.29) is 11.6 Å². The first-order valence-corrected chi connectivity index (χ1v) is 5.84. The Hall–Kier alpha value is -0.960. The van der Waals surface area contributed by atoms with Crippen LogP contribution in [-0.4, -0.2) is 12.6 Å². The van der Waals surface area contributed by atoms with Gasteiger partial charge in [0, 0.05) is 6.04 Å². The van der Waals surface area contributed by atoms with Crippen LogP contribution in [0.3, 0.4) is 0 Å². The third-order valence-corrected chi connectivity index (χ3v) is 3.21. The number of nitrogens with one attached hydrogen (secondary N) is 1. The van der Waals surface area contributed by atoms with Crippen molar-refractivity contribution in [1.82, 2.24) is 5.32 Å². The summed E-state index contributed by atoms with van der Waals surface area (Å²) in [4.78, 5) is 0. The van der Waals surface area contributed by atoms with Gasteiger partial charge in [-0.15, -0.1) is 0 Å². The minimum absolute atomic E-state index is 0.286. The van der Waals surface area contributed by atoms with Crippen LogP contribution in [0, 0.1) is 18.6 Å². The van der Waals surface area contributed by atoms with Crippen molar-refractivity contribution in [1.29, 1.82) is 0 Å². The Labute approximate surface area is 94.9 Å². The Morgan fingerprint density at radius 1 is 1.25 bits per heavy atom. The van der Waals surface area contributed by atoms with E-state index in [1.54, 1.807) is 6.92 Å². The molecule has 16 heavy (non-hydrogen) atoms. The fraction of sp³-hybridized carbons (Fsp3) is 0.538. The van der Waals surface area contributed by atoms with E-state index in [1.165, 1.54) is 25.0 Å². The number of aryl methyl sites for hydroxylation is 1. The van der Waals surface area contributed by atoms with Crippen molar-refractivity contribution >= 4 is 0 Å². The summed E-state index contributed by atoms with van der Waals surface area (Å²) < 4.78 is 26.9. The molecular formula is C13H17F2N. The zero-order valence-electron chi connectivity index (χ0n) is 9.52. The molecule has 1 aromatic rings. The summed E-state index contributed by atoms with van der Waals surface area (Å²) in [6, 6.07) is 2.92. The van der Waals surface area contributed by atoms with Crippen LogP contribution in [0.4, 0.5) is 8.78 Å². The summed E-state index contributed by atoms with van der Waals surface area (Å²) >= 11 is 0. The first-order valence-electron chi connectivity index (χ1n) is 5.84. The second-order valence-electron chi connectivity index (χ2n) is 4.54. The van der Waals surface area contributed by atoms with Crippen LogP contribution in [0.25, 0.3) is 0 Å². The van der Waals surface area contributed by atoms with Gasteiger partial charge in [0.05, 0.1) is 0 Å². The van der Waals surface area contributed by atoms with Gasteiger partial charge in [0.25, 0.3) is 0 Å². The molecule has 1 fully saturated rings. The zero-order valence-corrected chi connectivity index (χ0v) is 9.52. The van der Waals surface area contributed by atoms with Crippen LogP contribution >= 0.6 is 0 Å². The van der Waals surface area contributed by atoms with Crippen molar-refractivity contribution in [3.05, 3.63) is 34.9 Å². The van der Waals surface area contributed by atoms with Gasteiger partial charge in [-0.25, -0.2) is 8.78 Å². The predicted molar refractivity (Wildman–Crippen MR) is 60.4 cm³/mol. The molecule has 0 radical (unpaired) electrons. The Balaban J connectivity index is 2.11. The largest absolute Gasteiger partial charge is 0.314 e. The van der Waals surface area contributed by atoms with E-state index in [1.807, 2.05) is 0 Å². The molecule has 2 rings (SSSR count). The predicted octanol–water partition coefficient (Wildman–Crippen LogP) is 2.96. The van der Waals surface area contributed by atoms with E-state index in [2.05, 4.69) is 5.32 Å². The topological polar surface area (TPSA) is 12.0 Å². The summed E-state index contributed by atoms with van der Waals surface area (Å²) in [6.45, 7) is 2.57. The van der Waals surface area contributed by atoms with Crippen molar-refractivity contribution < 1.29 is 8.78 Å². The lowest BCUT2D eigenvalue weighted by molar-refractivity contribution is 0.394. The lowest BCUT2D eigenvalue weighted by Crippen LogP contribution is -2.35. The first-order chi connectivity index (χ1) is 7.66. The molecule has 1 aromatic carbocycles. The van der Waals surface area contributed by atoms with Gasteiger partial charge in [-0.3, -0.25) is 0 Å². The maximum atomic E-state index is 13.6. The molecule has 1 aliphatic rings. The maximum absolute atomic E-state index is 13.6. The lowest BCUT2D eigenvalue weighted by atomic mass is 9.97. The number of halogens is 2. The first kappa shape index (κ1) is 11.5. The Kier molecular flexibility index (Phi) is 3.54. The minimum Gasteiger partial charge on any atom is -0.314 e. The van der Waals surface area contributed by atoms with Gasteiger partial charge in [0.1, 0.15) is 11.6 Å². The van der Waals surface area contributed by atoms with E-state index in [0.29, 0.717) is 23.6 Å². The van der Waals surface area contributed by atoms with Gasteiger partial charge < -0.3 is 5.32 Å². The highest BCUT2D eigenvalue weighted by Gasteiger charge is 2.16. The highest BCUT2D eigenvalue weighted by molar-refractivity contribution is 5.26. The molecule has 1 unspecified atom stereocenters. The van der Waals surface area contributed by atoms with Crippen molar-refractivity contribution in [3.8, 4) is 0 Å². The minimum atomic E-state index is -0.313. The highest BCUT2D eigenvalue weighted by atomic mass is 19.1. The summed E-state index contributed by atoms with van der Waals surface area (Å²) in [5.41, 5.74) is 0.861. The van der Waals surface area contributed by atoms with Gasteiger partial charge in [-0.1, -0.05) is 6.42 Å². The average Bonchev–Trinajstić information content (AvgIpc) is 2.27. The number of hydrogen-bond donors (Lipinski definition) is 1. The molecule has 1 heterocycles. The Bertz CT molecular complexity index is 370. The highest BCUT2D eigenvalue weighted by Crippen LogP contribution is 2.18. The molecule has 0 aromatic heterocycles. The fourth-order valence-corrected chi connectivity index (χ4v) is 2.21. The molecule has 0 spiro atoms. The normalized spacial score (nSPS) is 21.1. The van der Waals surface area contributed by atoms with Crippen molar-refractivity contribution in [2.24, 2.45) is 0 Å². The number of piperidine rings is 1. The smallest absolute Gasteiger partial charge is 0.126 e. The second-order valence-corrected chi connectivity index (χ2v) is 4.54.